The van der Waals surface area contributed by atoms with Gasteiger partial charge in [0.1, 0.15) is 5.82 Å². The van der Waals surface area contributed by atoms with Crippen molar-refractivity contribution in [1.82, 2.24) is 4.57 Å². The fourth-order valence-corrected chi connectivity index (χ4v) is 2.19. The lowest BCUT2D eigenvalue weighted by atomic mass is 10.1. The normalized spacial score (nSPS) is 10.9. The first-order valence-electron chi connectivity index (χ1n) is 6.48. The summed E-state index contributed by atoms with van der Waals surface area (Å²) in [6.45, 7) is 4.90. The number of hydrogen-bond donors (Lipinski definition) is 0. The van der Waals surface area contributed by atoms with Gasteiger partial charge in [-0.25, -0.2) is 4.39 Å². The maximum absolute atomic E-state index is 12.9. The second-order valence-electron chi connectivity index (χ2n) is 5.18. The van der Waals surface area contributed by atoms with Crippen LogP contribution in [-0.2, 0) is 13.0 Å². The van der Waals surface area contributed by atoms with E-state index in [2.05, 4.69) is 13.8 Å². The van der Waals surface area contributed by atoms with Crippen LogP contribution in [0.1, 0.15) is 35.6 Å². The van der Waals surface area contributed by atoms with Crippen molar-refractivity contribution in [2.75, 3.05) is 0 Å². The molecule has 0 saturated heterocycles. The maximum atomic E-state index is 12.9. The van der Waals surface area contributed by atoms with E-state index in [-0.39, 0.29) is 5.82 Å². The second kappa shape index (κ2) is 5.83. The minimum absolute atomic E-state index is 0.241. The molecule has 0 spiro atoms. The van der Waals surface area contributed by atoms with Gasteiger partial charge in [0, 0.05) is 12.2 Å². The number of hydrogen-bond acceptors (Lipinski definition) is 1. The molecule has 0 amide bonds. The highest BCUT2D eigenvalue weighted by Gasteiger charge is 2.09. The van der Waals surface area contributed by atoms with Crippen LogP contribution in [0.2, 0.25) is 0 Å². The van der Waals surface area contributed by atoms with Crippen molar-refractivity contribution in [1.29, 1.82) is 0 Å². The molecular weight excluding hydrogens is 241 g/mol. The lowest BCUT2D eigenvalue weighted by Gasteiger charge is -2.13. The monoisotopic (exact) mass is 259 g/mol. The molecule has 1 aromatic heterocycles. The molecule has 0 unspecified atom stereocenters. The highest BCUT2D eigenvalue weighted by atomic mass is 19.1. The summed E-state index contributed by atoms with van der Waals surface area (Å²) >= 11 is 0. The first kappa shape index (κ1) is 13.5. The second-order valence-corrected chi connectivity index (χ2v) is 5.18. The van der Waals surface area contributed by atoms with Crippen molar-refractivity contribution in [3.8, 4) is 0 Å². The number of rotatable bonds is 5. The predicted octanol–water partition coefficient (Wildman–Crippen LogP) is 3.69. The average molecular weight is 259 g/mol. The summed E-state index contributed by atoms with van der Waals surface area (Å²) in [5.74, 6) is 0.288. The number of benzene rings is 1. The van der Waals surface area contributed by atoms with Crippen molar-refractivity contribution in [3.05, 3.63) is 59.2 Å². The Hall–Kier alpha value is -1.90. The van der Waals surface area contributed by atoms with Crippen molar-refractivity contribution in [3.63, 3.8) is 0 Å². The van der Waals surface area contributed by atoms with Crippen LogP contribution in [0.5, 0.6) is 0 Å². The zero-order valence-electron chi connectivity index (χ0n) is 11.3. The van der Waals surface area contributed by atoms with E-state index in [1.165, 1.54) is 12.1 Å². The van der Waals surface area contributed by atoms with Crippen molar-refractivity contribution < 1.29 is 9.18 Å². The van der Waals surface area contributed by atoms with Gasteiger partial charge in [0.05, 0.1) is 5.69 Å². The van der Waals surface area contributed by atoms with Crippen molar-refractivity contribution >= 4 is 6.29 Å². The van der Waals surface area contributed by atoms with Gasteiger partial charge in [-0.1, -0.05) is 26.0 Å². The third-order valence-electron chi connectivity index (χ3n) is 3.10. The Morgan fingerprint density at radius 3 is 2.42 bits per heavy atom. The van der Waals surface area contributed by atoms with Crippen LogP contribution >= 0.6 is 0 Å². The van der Waals surface area contributed by atoms with E-state index >= 15 is 0 Å². The van der Waals surface area contributed by atoms with E-state index in [9.17, 15) is 9.18 Å². The number of aldehydes is 1. The predicted molar refractivity (Wildman–Crippen MR) is 73.9 cm³/mol. The van der Waals surface area contributed by atoms with Crippen LogP contribution in [0, 0.1) is 11.7 Å². The Morgan fingerprint density at radius 2 is 1.84 bits per heavy atom. The summed E-state index contributed by atoms with van der Waals surface area (Å²) in [6.07, 6.45) is 1.79. The summed E-state index contributed by atoms with van der Waals surface area (Å²) in [5.41, 5.74) is 2.80. The summed E-state index contributed by atoms with van der Waals surface area (Å²) in [7, 11) is 0. The van der Waals surface area contributed by atoms with Gasteiger partial charge in [0.2, 0.25) is 0 Å². The summed E-state index contributed by atoms with van der Waals surface area (Å²) in [4.78, 5) is 11.1. The van der Waals surface area contributed by atoms with E-state index in [0.717, 1.165) is 24.0 Å². The molecule has 2 nitrogen and oxygen atoms in total. The molecule has 2 rings (SSSR count). The lowest BCUT2D eigenvalue weighted by molar-refractivity contribution is 0.111. The molecule has 2 aromatic rings. The van der Waals surface area contributed by atoms with Crippen LogP contribution in [0.15, 0.2) is 36.4 Å². The Bertz CT molecular complexity index is 555. The molecule has 0 aliphatic heterocycles. The topological polar surface area (TPSA) is 22.0 Å². The molecule has 0 saturated carbocycles. The number of carbonyl (C=O) groups is 1. The summed E-state index contributed by atoms with van der Waals surface area (Å²) in [5, 5.41) is 0. The molecule has 1 aromatic carbocycles. The molecule has 0 fully saturated rings. The van der Waals surface area contributed by atoms with Gasteiger partial charge in [0.25, 0.3) is 0 Å². The third-order valence-corrected chi connectivity index (χ3v) is 3.10. The Kier molecular flexibility index (Phi) is 4.15. The van der Waals surface area contributed by atoms with Gasteiger partial charge in [-0.3, -0.25) is 4.79 Å². The largest absolute Gasteiger partial charge is 0.338 e. The molecule has 3 heteroatoms. The number of aromatic nitrogens is 1. The van der Waals surface area contributed by atoms with E-state index < -0.39 is 0 Å². The SMILES string of the molecule is CC(C)Cc1ccc(C=O)n1Cc1ccc(F)cc1. The lowest BCUT2D eigenvalue weighted by Crippen LogP contribution is -2.09. The van der Waals surface area contributed by atoms with E-state index in [1.54, 1.807) is 12.1 Å². The quantitative estimate of drug-likeness (QED) is 0.751. The van der Waals surface area contributed by atoms with E-state index in [1.807, 2.05) is 16.7 Å². The molecular formula is C16H18FNO. The molecule has 0 atom stereocenters. The highest BCUT2D eigenvalue weighted by molar-refractivity contribution is 5.72. The van der Waals surface area contributed by atoms with E-state index in [0.29, 0.717) is 18.2 Å². The van der Waals surface area contributed by atoms with Crippen LogP contribution in [0.3, 0.4) is 0 Å². The van der Waals surface area contributed by atoms with Crippen LogP contribution in [-0.4, -0.2) is 10.9 Å². The summed E-state index contributed by atoms with van der Waals surface area (Å²) in [6, 6.07) is 10.2. The standard InChI is InChI=1S/C16H18FNO/c1-12(2)9-15-7-8-16(11-19)18(15)10-13-3-5-14(17)6-4-13/h3-8,11-12H,9-10H2,1-2H3. The first-order chi connectivity index (χ1) is 9.10. The smallest absolute Gasteiger partial charge is 0.166 e. The number of nitrogens with zero attached hydrogens (tertiary/aromatic N) is 1. The van der Waals surface area contributed by atoms with Gasteiger partial charge in [-0.2, -0.15) is 0 Å². The maximum Gasteiger partial charge on any atom is 0.166 e. The van der Waals surface area contributed by atoms with Gasteiger partial charge in [-0.05, 0) is 42.2 Å². The van der Waals surface area contributed by atoms with Crippen LogP contribution in [0.25, 0.3) is 0 Å². The van der Waals surface area contributed by atoms with Crippen LogP contribution in [0.4, 0.5) is 4.39 Å². The van der Waals surface area contributed by atoms with Crippen molar-refractivity contribution in [2.45, 2.75) is 26.8 Å². The summed E-state index contributed by atoms with van der Waals surface area (Å²) < 4.78 is 14.9. The number of halogens is 1. The van der Waals surface area contributed by atoms with Gasteiger partial charge in [-0.15, -0.1) is 0 Å². The fourth-order valence-electron chi connectivity index (χ4n) is 2.19. The molecule has 0 N–H and O–H groups in total. The van der Waals surface area contributed by atoms with Crippen molar-refractivity contribution in [2.24, 2.45) is 5.92 Å². The zero-order valence-corrected chi connectivity index (χ0v) is 11.3. The molecule has 0 aliphatic carbocycles. The van der Waals surface area contributed by atoms with Crippen LogP contribution < -0.4 is 0 Å². The Labute approximate surface area is 112 Å². The Morgan fingerprint density at radius 1 is 1.16 bits per heavy atom. The minimum Gasteiger partial charge on any atom is -0.338 e. The number of carbonyl (C=O) groups excluding carboxylic acids is 1. The van der Waals surface area contributed by atoms with E-state index in [4.69, 9.17) is 0 Å². The molecule has 100 valence electrons. The van der Waals surface area contributed by atoms with Gasteiger partial charge >= 0.3 is 0 Å². The molecule has 0 aliphatic rings. The molecule has 19 heavy (non-hydrogen) atoms. The molecule has 1 heterocycles. The van der Waals surface area contributed by atoms with Gasteiger partial charge < -0.3 is 4.57 Å². The van der Waals surface area contributed by atoms with Gasteiger partial charge in [0.15, 0.2) is 6.29 Å². The minimum atomic E-state index is -0.241. The Balaban J connectivity index is 2.29. The molecule has 0 radical (unpaired) electrons. The average Bonchev–Trinajstić information content (AvgIpc) is 2.74. The highest BCUT2D eigenvalue weighted by Crippen LogP contribution is 2.15. The zero-order chi connectivity index (χ0) is 13.8. The molecule has 0 bridgehead atoms. The fraction of sp³-hybridized carbons (Fsp3) is 0.312. The first-order valence-corrected chi connectivity index (χ1v) is 6.48. The third kappa shape index (κ3) is 3.31.